The lowest BCUT2D eigenvalue weighted by Crippen LogP contribution is -2.09. The first-order valence-electron chi connectivity index (χ1n) is 4.18. The van der Waals surface area contributed by atoms with E-state index in [1.165, 1.54) is 6.92 Å². The molecule has 0 aliphatic heterocycles. The van der Waals surface area contributed by atoms with Crippen molar-refractivity contribution in [2.24, 2.45) is 0 Å². The second-order valence-corrected chi connectivity index (χ2v) is 3.36. The highest BCUT2D eigenvalue weighted by Gasteiger charge is 2.22. The van der Waals surface area contributed by atoms with Gasteiger partial charge < -0.3 is 4.74 Å². The maximum absolute atomic E-state index is 13.4. The van der Waals surface area contributed by atoms with Crippen LogP contribution in [0, 0.1) is 15.9 Å². The molecule has 0 spiro atoms. The summed E-state index contributed by atoms with van der Waals surface area (Å²) in [6.07, 6.45) is 0. The summed E-state index contributed by atoms with van der Waals surface area (Å²) in [6.45, 7) is 0.770. The summed E-state index contributed by atoms with van der Waals surface area (Å²) in [5.41, 5.74) is -0.567. The summed E-state index contributed by atoms with van der Waals surface area (Å²) in [5, 5.41) is 10.3. The first kappa shape index (κ1) is 12.4. The zero-order valence-corrected chi connectivity index (χ0v) is 8.95. The fourth-order valence-electron chi connectivity index (χ4n) is 0.977. The summed E-state index contributed by atoms with van der Waals surface area (Å²) < 4.78 is 18.1. The Morgan fingerprint density at radius 3 is 2.75 bits per heavy atom. The van der Waals surface area contributed by atoms with Crippen LogP contribution in [0.25, 0.3) is 0 Å². The number of halogens is 2. The van der Waals surface area contributed by atoms with Crippen LogP contribution in [0.1, 0.15) is 6.92 Å². The van der Waals surface area contributed by atoms with Crippen LogP contribution in [0.4, 0.5) is 10.1 Å². The summed E-state index contributed by atoms with van der Waals surface area (Å²) in [6, 6.07) is 2.07. The lowest BCUT2D eigenvalue weighted by atomic mass is 10.3. The average molecular weight is 248 g/mol. The number of carbonyl (C=O) groups excluding carboxylic acids is 1. The SMILES string of the molecule is CC(=O)COc1c([N+](=O)[O-])ccc(Cl)c1F. The van der Waals surface area contributed by atoms with E-state index in [-0.39, 0.29) is 10.8 Å². The fourth-order valence-corrected chi connectivity index (χ4v) is 1.13. The second kappa shape index (κ2) is 4.89. The smallest absolute Gasteiger partial charge is 0.314 e. The standard InChI is InChI=1S/C9H7ClFNO4/c1-5(13)4-16-9-7(12(14)15)3-2-6(10)8(9)11/h2-3H,4H2,1H3. The van der Waals surface area contributed by atoms with Crippen molar-refractivity contribution in [3.8, 4) is 5.75 Å². The molecule has 0 atom stereocenters. The van der Waals surface area contributed by atoms with Gasteiger partial charge in [-0.3, -0.25) is 14.9 Å². The molecule has 1 rings (SSSR count). The minimum atomic E-state index is -1.04. The van der Waals surface area contributed by atoms with Crippen LogP contribution in [-0.4, -0.2) is 17.3 Å². The van der Waals surface area contributed by atoms with E-state index < -0.39 is 28.8 Å². The molecule has 1 aromatic rings. The zero-order chi connectivity index (χ0) is 12.3. The van der Waals surface area contributed by atoms with E-state index in [0.29, 0.717) is 0 Å². The minimum Gasteiger partial charge on any atom is -0.477 e. The summed E-state index contributed by atoms with van der Waals surface area (Å²) in [4.78, 5) is 20.4. The number of nitro benzene ring substituents is 1. The van der Waals surface area contributed by atoms with Gasteiger partial charge in [-0.25, -0.2) is 4.39 Å². The van der Waals surface area contributed by atoms with E-state index in [1.54, 1.807) is 0 Å². The van der Waals surface area contributed by atoms with E-state index in [4.69, 9.17) is 16.3 Å². The van der Waals surface area contributed by atoms with Gasteiger partial charge in [0.2, 0.25) is 5.75 Å². The van der Waals surface area contributed by atoms with Gasteiger partial charge in [0.1, 0.15) is 6.61 Å². The Morgan fingerprint density at radius 1 is 1.62 bits per heavy atom. The highest BCUT2D eigenvalue weighted by atomic mass is 35.5. The molecular formula is C9H7ClFNO4. The molecule has 0 unspecified atom stereocenters. The number of carbonyl (C=O) groups is 1. The maximum atomic E-state index is 13.4. The minimum absolute atomic E-state index is 0.302. The van der Waals surface area contributed by atoms with Crippen LogP contribution in [0.3, 0.4) is 0 Å². The Labute approximate surface area is 94.9 Å². The number of benzene rings is 1. The molecule has 0 saturated carbocycles. The van der Waals surface area contributed by atoms with Crippen molar-refractivity contribution in [1.82, 2.24) is 0 Å². The second-order valence-electron chi connectivity index (χ2n) is 2.96. The molecule has 0 N–H and O–H groups in total. The summed E-state index contributed by atoms with van der Waals surface area (Å²) in [7, 11) is 0. The molecule has 0 heterocycles. The molecule has 0 aromatic heterocycles. The van der Waals surface area contributed by atoms with Crippen LogP contribution in [0.15, 0.2) is 12.1 Å². The lowest BCUT2D eigenvalue weighted by molar-refractivity contribution is -0.386. The predicted octanol–water partition coefficient (Wildman–Crippen LogP) is 2.36. The normalized spacial score (nSPS) is 9.94. The van der Waals surface area contributed by atoms with Crippen molar-refractivity contribution in [2.75, 3.05) is 6.61 Å². The number of hydrogen-bond acceptors (Lipinski definition) is 4. The first-order valence-corrected chi connectivity index (χ1v) is 4.56. The number of nitro groups is 1. The molecule has 5 nitrogen and oxygen atoms in total. The third kappa shape index (κ3) is 2.66. The predicted molar refractivity (Wildman–Crippen MR) is 54.2 cm³/mol. The van der Waals surface area contributed by atoms with Crippen molar-refractivity contribution in [1.29, 1.82) is 0 Å². The molecule has 0 radical (unpaired) electrons. The van der Waals surface area contributed by atoms with Gasteiger partial charge in [-0.15, -0.1) is 0 Å². The van der Waals surface area contributed by atoms with Gasteiger partial charge in [-0.2, -0.15) is 0 Å². The molecule has 0 amide bonds. The van der Waals surface area contributed by atoms with E-state index in [0.717, 1.165) is 12.1 Å². The Morgan fingerprint density at radius 2 is 2.25 bits per heavy atom. The quantitative estimate of drug-likeness (QED) is 0.605. The van der Waals surface area contributed by atoms with Crippen LogP contribution >= 0.6 is 11.6 Å². The molecule has 0 aliphatic carbocycles. The number of ether oxygens (including phenoxy) is 1. The Hall–Kier alpha value is -1.69. The van der Waals surface area contributed by atoms with Gasteiger partial charge in [-0.1, -0.05) is 11.6 Å². The molecule has 7 heteroatoms. The van der Waals surface area contributed by atoms with Crippen LogP contribution in [0.2, 0.25) is 5.02 Å². The van der Waals surface area contributed by atoms with Crippen LogP contribution in [-0.2, 0) is 4.79 Å². The summed E-state index contributed by atoms with van der Waals surface area (Å²) in [5.74, 6) is -2.04. The topological polar surface area (TPSA) is 69.4 Å². The largest absolute Gasteiger partial charge is 0.477 e. The van der Waals surface area contributed by atoms with E-state index in [9.17, 15) is 19.3 Å². The van der Waals surface area contributed by atoms with Crippen molar-refractivity contribution in [2.45, 2.75) is 6.92 Å². The third-order valence-corrected chi connectivity index (χ3v) is 1.94. The van der Waals surface area contributed by atoms with Gasteiger partial charge in [0.15, 0.2) is 11.6 Å². The van der Waals surface area contributed by atoms with Crippen LogP contribution < -0.4 is 4.74 Å². The molecule has 86 valence electrons. The van der Waals surface area contributed by atoms with Crippen LogP contribution in [0.5, 0.6) is 5.75 Å². The Kier molecular flexibility index (Phi) is 3.78. The van der Waals surface area contributed by atoms with E-state index in [2.05, 4.69) is 0 Å². The number of nitrogens with zero attached hydrogens (tertiary/aromatic N) is 1. The maximum Gasteiger partial charge on any atom is 0.314 e. The highest BCUT2D eigenvalue weighted by molar-refractivity contribution is 6.31. The number of Topliss-reactive ketones (excluding diaryl/α,β-unsaturated/α-hetero) is 1. The van der Waals surface area contributed by atoms with E-state index in [1.807, 2.05) is 0 Å². The molecule has 0 aliphatic rings. The molecule has 0 fully saturated rings. The first-order chi connectivity index (χ1) is 7.43. The molecule has 1 aromatic carbocycles. The third-order valence-electron chi connectivity index (χ3n) is 1.65. The van der Waals surface area contributed by atoms with E-state index >= 15 is 0 Å². The molecular weight excluding hydrogens is 241 g/mol. The van der Waals surface area contributed by atoms with Gasteiger partial charge in [0, 0.05) is 6.07 Å². The van der Waals surface area contributed by atoms with Gasteiger partial charge in [-0.05, 0) is 13.0 Å². The van der Waals surface area contributed by atoms with Crippen molar-refractivity contribution >= 4 is 23.1 Å². The lowest BCUT2D eigenvalue weighted by Gasteiger charge is -2.06. The molecule has 16 heavy (non-hydrogen) atoms. The Balaban J connectivity index is 3.15. The zero-order valence-electron chi connectivity index (χ0n) is 8.20. The van der Waals surface area contributed by atoms with Crippen molar-refractivity contribution in [3.63, 3.8) is 0 Å². The Bertz CT molecular complexity index is 449. The van der Waals surface area contributed by atoms with Gasteiger partial charge in [0.05, 0.1) is 9.95 Å². The highest BCUT2D eigenvalue weighted by Crippen LogP contribution is 2.34. The summed E-state index contributed by atoms with van der Waals surface area (Å²) >= 11 is 5.44. The fraction of sp³-hybridized carbons (Fsp3) is 0.222. The molecule has 0 saturated heterocycles. The molecule has 0 bridgehead atoms. The van der Waals surface area contributed by atoms with Crippen molar-refractivity contribution in [3.05, 3.63) is 33.1 Å². The van der Waals surface area contributed by atoms with Gasteiger partial charge in [0.25, 0.3) is 0 Å². The monoisotopic (exact) mass is 247 g/mol. The van der Waals surface area contributed by atoms with Gasteiger partial charge >= 0.3 is 5.69 Å². The average Bonchev–Trinajstić information content (AvgIpc) is 2.19. The van der Waals surface area contributed by atoms with Crippen molar-refractivity contribution < 1.29 is 18.8 Å². The number of rotatable bonds is 4. The number of hydrogen-bond donors (Lipinski definition) is 0. The number of ketones is 1.